The number of benzene rings is 2. The molecule has 0 radical (unpaired) electrons. The van der Waals surface area contributed by atoms with Crippen molar-refractivity contribution in [3.05, 3.63) is 59.7 Å². The van der Waals surface area contributed by atoms with Crippen molar-refractivity contribution in [2.24, 2.45) is 0 Å². The molecule has 2 nitrogen and oxygen atoms in total. The zero-order chi connectivity index (χ0) is 16.0. The van der Waals surface area contributed by atoms with Gasteiger partial charge in [0.15, 0.2) is 0 Å². The fourth-order valence-corrected chi connectivity index (χ4v) is 3.11. The molecule has 22 heavy (non-hydrogen) atoms. The van der Waals surface area contributed by atoms with E-state index in [9.17, 15) is 10.2 Å². The summed E-state index contributed by atoms with van der Waals surface area (Å²) in [5.41, 5.74) is 1.84. The van der Waals surface area contributed by atoms with Crippen LogP contribution in [-0.4, -0.2) is 10.2 Å². The molecule has 2 aromatic carbocycles. The first-order chi connectivity index (χ1) is 10.6. The number of rotatable bonds is 7. The molecule has 1 unspecified atom stereocenters. The molecule has 2 N–H and O–H groups in total. The predicted octanol–water partition coefficient (Wildman–Crippen LogP) is 5.37. The molecule has 0 fully saturated rings. The smallest absolute Gasteiger partial charge is 0.119 e. The Hall–Kier alpha value is -1.96. The Labute approximate surface area is 133 Å². The van der Waals surface area contributed by atoms with Crippen molar-refractivity contribution in [3.8, 4) is 11.5 Å². The molecule has 0 saturated heterocycles. The second kappa shape index (κ2) is 7.35. The minimum atomic E-state index is -0.243. The quantitative estimate of drug-likeness (QED) is 0.674. The maximum Gasteiger partial charge on any atom is 0.119 e. The monoisotopic (exact) mass is 298 g/mol. The first-order valence-corrected chi connectivity index (χ1v) is 8.16. The Morgan fingerprint density at radius 3 is 2.18 bits per heavy atom. The molecule has 0 bridgehead atoms. The van der Waals surface area contributed by atoms with Crippen LogP contribution in [0.15, 0.2) is 48.5 Å². The van der Waals surface area contributed by atoms with Crippen LogP contribution in [-0.2, 0) is 5.41 Å². The first kappa shape index (κ1) is 16.4. The van der Waals surface area contributed by atoms with Crippen LogP contribution in [0.2, 0.25) is 0 Å². The number of para-hydroxylation sites is 1. The largest absolute Gasteiger partial charge is 0.508 e. The molecule has 0 spiro atoms. The van der Waals surface area contributed by atoms with Gasteiger partial charge in [-0.2, -0.15) is 0 Å². The molecular weight excluding hydrogens is 272 g/mol. The lowest BCUT2D eigenvalue weighted by Gasteiger charge is -2.32. The van der Waals surface area contributed by atoms with Crippen molar-refractivity contribution in [3.63, 3.8) is 0 Å². The standard InChI is InChI=1S/C20H26O2/c1-3-4-5-8-15-20(2,16-11-13-17(21)14-12-16)18-9-6-7-10-19(18)22/h6-7,9-14,21-22H,3-5,8,15H2,1-2H3. The first-order valence-electron chi connectivity index (χ1n) is 8.16. The number of unbranched alkanes of at least 4 members (excludes halogenated alkanes) is 3. The Balaban J connectivity index is 2.35. The molecule has 2 heteroatoms. The summed E-state index contributed by atoms with van der Waals surface area (Å²) < 4.78 is 0. The van der Waals surface area contributed by atoms with Crippen LogP contribution >= 0.6 is 0 Å². The summed E-state index contributed by atoms with van der Waals surface area (Å²) in [6.45, 7) is 4.39. The van der Waals surface area contributed by atoms with Crippen LogP contribution in [0, 0.1) is 0 Å². The summed E-state index contributed by atoms with van der Waals surface area (Å²) >= 11 is 0. The third-order valence-electron chi connectivity index (χ3n) is 4.53. The third-order valence-corrected chi connectivity index (χ3v) is 4.53. The summed E-state index contributed by atoms with van der Waals surface area (Å²) in [4.78, 5) is 0. The van der Waals surface area contributed by atoms with Crippen LogP contribution in [0.4, 0.5) is 0 Å². The molecule has 0 heterocycles. The summed E-state index contributed by atoms with van der Waals surface area (Å²) in [5, 5.41) is 19.9. The molecule has 1 atom stereocenters. The highest BCUT2D eigenvalue weighted by Crippen LogP contribution is 2.41. The van der Waals surface area contributed by atoms with Gasteiger partial charge in [0.2, 0.25) is 0 Å². The Morgan fingerprint density at radius 1 is 0.864 bits per heavy atom. The SMILES string of the molecule is CCCCCCC(C)(c1ccc(O)cc1)c1ccccc1O. The van der Waals surface area contributed by atoms with Gasteiger partial charge in [-0.25, -0.2) is 0 Å². The fourth-order valence-electron chi connectivity index (χ4n) is 3.11. The minimum Gasteiger partial charge on any atom is -0.508 e. The molecule has 118 valence electrons. The fraction of sp³-hybridized carbons (Fsp3) is 0.400. The topological polar surface area (TPSA) is 40.5 Å². The van der Waals surface area contributed by atoms with Gasteiger partial charge in [0.1, 0.15) is 11.5 Å². The lowest BCUT2D eigenvalue weighted by atomic mass is 9.72. The summed E-state index contributed by atoms with van der Waals surface area (Å²) in [6, 6.07) is 14.9. The van der Waals surface area contributed by atoms with Gasteiger partial charge >= 0.3 is 0 Å². The lowest BCUT2D eigenvalue weighted by molar-refractivity contribution is 0.424. The number of hydrogen-bond donors (Lipinski definition) is 2. The maximum atomic E-state index is 10.3. The van der Waals surface area contributed by atoms with Gasteiger partial charge in [-0.1, -0.05) is 69.9 Å². The highest BCUT2D eigenvalue weighted by Gasteiger charge is 2.30. The van der Waals surface area contributed by atoms with Crippen molar-refractivity contribution in [2.45, 2.75) is 51.4 Å². The lowest BCUT2D eigenvalue weighted by Crippen LogP contribution is -2.23. The molecular formula is C20H26O2. The number of hydrogen-bond acceptors (Lipinski definition) is 2. The zero-order valence-corrected chi connectivity index (χ0v) is 13.5. The molecule has 0 saturated carbocycles. The van der Waals surface area contributed by atoms with E-state index in [-0.39, 0.29) is 11.2 Å². The average molecular weight is 298 g/mol. The van der Waals surface area contributed by atoms with E-state index in [1.54, 1.807) is 18.2 Å². The molecule has 0 aliphatic heterocycles. The summed E-state index contributed by atoms with van der Waals surface area (Å²) in [5.74, 6) is 0.614. The van der Waals surface area contributed by atoms with Gasteiger partial charge in [-0.05, 0) is 30.2 Å². The summed E-state index contributed by atoms with van der Waals surface area (Å²) in [7, 11) is 0. The molecule has 0 amide bonds. The van der Waals surface area contributed by atoms with Crippen molar-refractivity contribution in [2.75, 3.05) is 0 Å². The van der Waals surface area contributed by atoms with E-state index in [1.807, 2.05) is 30.3 Å². The highest BCUT2D eigenvalue weighted by molar-refractivity contribution is 5.46. The van der Waals surface area contributed by atoms with Crippen LogP contribution in [0.1, 0.15) is 57.1 Å². The minimum absolute atomic E-state index is 0.243. The number of phenolic OH excluding ortho intramolecular Hbond substituents is 2. The van der Waals surface area contributed by atoms with Crippen molar-refractivity contribution < 1.29 is 10.2 Å². The van der Waals surface area contributed by atoms with Crippen LogP contribution in [0.5, 0.6) is 11.5 Å². The van der Waals surface area contributed by atoms with E-state index in [0.29, 0.717) is 5.75 Å². The second-order valence-electron chi connectivity index (χ2n) is 6.21. The van der Waals surface area contributed by atoms with E-state index in [0.717, 1.165) is 24.0 Å². The van der Waals surface area contributed by atoms with Gasteiger partial charge in [-0.3, -0.25) is 0 Å². The predicted molar refractivity (Wildman–Crippen MR) is 91.4 cm³/mol. The average Bonchev–Trinajstić information content (AvgIpc) is 2.52. The van der Waals surface area contributed by atoms with E-state index in [1.165, 1.54) is 19.3 Å². The Morgan fingerprint density at radius 2 is 1.55 bits per heavy atom. The van der Waals surface area contributed by atoms with Gasteiger partial charge in [0.25, 0.3) is 0 Å². The van der Waals surface area contributed by atoms with Crippen LogP contribution in [0.25, 0.3) is 0 Å². The zero-order valence-electron chi connectivity index (χ0n) is 13.5. The Bertz CT molecular complexity index is 589. The molecule has 2 rings (SSSR count). The summed E-state index contributed by atoms with van der Waals surface area (Å²) in [6.07, 6.45) is 5.77. The number of aromatic hydroxyl groups is 2. The molecule has 0 aromatic heterocycles. The van der Waals surface area contributed by atoms with E-state index in [4.69, 9.17) is 0 Å². The maximum absolute atomic E-state index is 10.3. The molecule has 0 aliphatic rings. The van der Waals surface area contributed by atoms with Crippen molar-refractivity contribution in [1.82, 2.24) is 0 Å². The van der Waals surface area contributed by atoms with Gasteiger partial charge in [-0.15, -0.1) is 0 Å². The van der Waals surface area contributed by atoms with E-state index in [2.05, 4.69) is 13.8 Å². The van der Waals surface area contributed by atoms with E-state index < -0.39 is 0 Å². The van der Waals surface area contributed by atoms with Gasteiger partial charge in [0.05, 0.1) is 0 Å². The van der Waals surface area contributed by atoms with E-state index >= 15 is 0 Å². The second-order valence-corrected chi connectivity index (χ2v) is 6.21. The molecule has 2 aromatic rings. The van der Waals surface area contributed by atoms with Crippen LogP contribution in [0.3, 0.4) is 0 Å². The molecule has 0 aliphatic carbocycles. The Kier molecular flexibility index (Phi) is 5.48. The van der Waals surface area contributed by atoms with Gasteiger partial charge in [0, 0.05) is 11.0 Å². The number of phenols is 2. The normalized spacial score (nSPS) is 13.7. The van der Waals surface area contributed by atoms with Gasteiger partial charge < -0.3 is 10.2 Å². The third kappa shape index (κ3) is 3.62. The van der Waals surface area contributed by atoms with Crippen molar-refractivity contribution >= 4 is 0 Å². The highest BCUT2D eigenvalue weighted by atomic mass is 16.3. The van der Waals surface area contributed by atoms with Crippen LogP contribution < -0.4 is 0 Å². The van der Waals surface area contributed by atoms with Crippen molar-refractivity contribution in [1.29, 1.82) is 0 Å².